The summed E-state index contributed by atoms with van der Waals surface area (Å²) in [6.45, 7) is 4.00. The van der Waals surface area contributed by atoms with Gasteiger partial charge in [-0.15, -0.1) is 23.9 Å². The fourth-order valence-electron chi connectivity index (χ4n) is 2.68. The summed E-state index contributed by atoms with van der Waals surface area (Å²) >= 11 is 0. The molecular formula is C21H22N4OPt. The second-order valence-electron chi connectivity index (χ2n) is 5.97. The van der Waals surface area contributed by atoms with Gasteiger partial charge in [-0.3, -0.25) is 0 Å². The zero-order chi connectivity index (χ0) is 17.2. The van der Waals surface area contributed by atoms with E-state index in [1.807, 2.05) is 114 Å². The van der Waals surface area contributed by atoms with Crippen molar-refractivity contribution in [3.05, 3.63) is 94.1 Å². The number of hydrogen-bond donors (Lipinski definition) is 0. The third-order valence-corrected chi connectivity index (χ3v) is 3.91. The van der Waals surface area contributed by atoms with Gasteiger partial charge in [0.05, 0.1) is 0 Å². The molecular weight excluding hydrogens is 519 g/mol. The van der Waals surface area contributed by atoms with Gasteiger partial charge in [-0.25, -0.2) is 0 Å². The topological polar surface area (TPSA) is 22.2 Å². The van der Waals surface area contributed by atoms with E-state index in [4.69, 9.17) is 4.74 Å². The van der Waals surface area contributed by atoms with E-state index in [1.165, 1.54) is 0 Å². The Hall–Kier alpha value is -2.39. The quantitative estimate of drug-likeness (QED) is 0.534. The Morgan fingerprint density at radius 1 is 0.852 bits per heavy atom. The summed E-state index contributed by atoms with van der Waals surface area (Å²) in [5, 5.41) is 0. The standard InChI is InChI=1S/C20H19N4O.CH3.Pt/c1-21-9-11-23(15-21)17-5-3-7-19(13-17)25-20-8-4-6-18(14-20)24-12-10-22(2)16-24;;/h3-13,15-16H,1-2H3;1H3;/q-3;-1;+4. The van der Waals surface area contributed by atoms with Crippen molar-refractivity contribution in [3.63, 3.8) is 0 Å². The fraction of sp³-hybridized carbons (Fsp3) is 0.0952. The van der Waals surface area contributed by atoms with Crippen LogP contribution in [0.2, 0.25) is 0 Å². The fourth-order valence-corrected chi connectivity index (χ4v) is 2.68. The summed E-state index contributed by atoms with van der Waals surface area (Å²) in [7, 11) is 3.99. The average molecular weight is 542 g/mol. The summed E-state index contributed by atoms with van der Waals surface area (Å²) < 4.78 is 6.02. The van der Waals surface area contributed by atoms with E-state index in [-0.39, 0.29) is 28.5 Å². The minimum Gasteiger partial charge on any atom is -0.510 e. The van der Waals surface area contributed by atoms with Crippen LogP contribution in [0.15, 0.2) is 67.3 Å². The van der Waals surface area contributed by atoms with Crippen molar-refractivity contribution >= 4 is 11.4 Å². The molecule has 2 aliphatic heterocycles. The molecule has 4 rings (SSSR count). The number of hydrogen-bond acceptors (Lipinski definition) is 5. The van der Waals surface area contributed by atoms with Crippen molar-refractivity contribution < 1.29 is 25.8 Å². The third kappa shape index (κ3) is 4.86. The first-order valence-electron chi connectivity index (χ1n) is 8.05. The smallest absolute Gasteiger partial charge is 0.510 e. The largest absolute Gasteiger partial charge is 4.00 e. The van der Waals surface area contributed by atoms with Crippen LogP contribution in [0.1, 0.15) is 0 Å². The van der Waals surface area contributed by atoms with Crippen LogP contribution in [0.4, 0.5) is 11.4 Å². The summed E-state index contributed by atoms with van der Waals surface area (Å²) in [5.41, 5.74) is 1.98. The molecule has 0 saturated carbocycles. The molecule has 0 aromatic heterocycles. The Morgan fingerprint density at radius 3 is 2.19 bits per heavy atom. The Morgan fingerprint density at radius 2 is 1.52 bits per heavy atom. The van der Waals surface area contributed by atoms with E-state index in [2.05, 4.69) is 6.07 Å². The van der Waals surface area contributed by atoms with Crippen LogP contribution < -0.4 is 14.5 Å². The van der Waals surface area contributed by atoms with Gasteiger partial charge in [-0.05, 0) is 51.0 Å². The molecule has 0 atom stereocenters. The molecule has 0 unspecified atom stereocenters. The van der Waals surface area contributed by atoms with E-state index in [9.17, 15) is 0 Å². The molecule has 0 N–H and O–H groups in total. The van der Waals surface area contributed by atoms with Crippen molar-refractivity contribution in [1.29, 1.82) is 0 Å². The minimum absolute atomic E-state index is 0. The second-order valence-corrected chi connectivity index (χ2v) is 5.97. The van der Waals surface area contributed by atoms with E-state index >= 15 is 0 Å². The van der Waals surface area contributed by atoms with Crippen molar-refractivity contribution in [2.75, 3.05) is 23.9 Å². The van der Waals surface area contributed by atoms with Crippen LogP contribution in [0.25, 0.3) is 0 Å². The van der Waals surface area contributed by atoms with E-state index in [0.29, 0.717) is 5.75 Å². The zero-order valence-electron chi connectivity index (χ0n) is 15.5. The van der Waals surface area contributed by atoms with Gasteiger partial charge in [0.15, 0.2) is 0 Å². The maximum absolute atomic E-state index is 6.02. The van der Waals surface area contributed by atoms with Gasteiger partial charge in [0, 0.05) is 17.5 Å². The molecule has 2 aromatic rings. The van der Waals surface area contributed by atoms with Gasteiger partial charge >= 0.3 is 21.1 Å². The summed E-state index contributed by atoms with van der Waals surface area (Å²) in [5.74, 6) is 1.46. The first-order chi connectivity index (χ1) is 12.2. The van der Waals surface area contributed by atoms with E-state index < -0.39 is 0 Å². The second kappa shape index (κ2) is 9.00. The Labute approximate surface area is 176 Å². The first kappa shape index (κ1) is 20.9. The molecule has 0 saturated heterocycles. The molecule has 0 spiro atoms. The monoisotopic (exact) mass is 541 g/mol. The predicted molar refractivity (Wildman–Crippen MR) is 106 cm³/mol. The number of anilines is 2. The van der Waals surface area contributed by atoms with Crippen molar-refractivity contribution in [3.8, 4) is 11.5 Å². The average Bonchev–Trinajstić information content (AvgIpc) is 3.24. The Kier molecular flexibility index (Phi) is 6.97. The van der Waals surface area contributed by atoms with Crippen LogP contribution in [0.5, 0.6) is 11.5 Å². The van der Waals surface area contributed by atoms with Crippen LogP contribution in [-0.4, -0.2) is 23.9 Å². The van der Waals surface area contributed by atoms with Gasteiger partial charge in [0.25, 0.3) is 0 Å². The summed E-state index contributed by atoms with van der Waals surface area (Å²) in [4.78, 5) is 8.04. The van der Waals surface area contributed by atoms with Crippen molar-refractivity contribution in [2.24, 2.45) is 0 Å². The van der Waals surface area contributed by atoms with Gasteiger partial charge in [-0.2, -0.15) is 19.4 Å². The summed E-state index contributed by atoms with van der Waals surface area (Å²) in [6.07, 6.45) is 7.99. The number of rotatable bonds is 4. The summed E-state index contributed by atoms with van der Waals surface area (Å²) in [6, 6.07) is 17.2. The maximum Gasteiger partial charge on any atom is 4.00 e. The SMILES string of the molecule is CN1C=CN(c2[c-]c(Oc3cccc(N4C=CN(C)[CH-]4)c3)ccc2)[CH-]1.[CH3-].[Pt+4]. The minimum atomic E-state index is 0. The van der Waals surface area contributed by atoms with Crippen LogP contribution in [0.3, 0.4) is 0 Å². The van der Waals surface area contributed by atoms with Crippen molar-refractivity contribution in [1.82, 2.24) is 9.80 Å². The number of ether oxygens (including phenoxy) is 1. The van der Waals surface area contributed by atoms with E-state index in [1.54, 1.807) is 0 Å². The van der Waals surface area contributed by atoms with Crippen molar-refractivity contribution in [2.45, 2.75) is 0 Å². The number of benzene rings is 2. The molecule has 0 fully saturated rings. The normalized spacial score (nSPS) is 15.0. The van der Waals surface area contributed by atoms with Gasteiger partial charge in [0.2, 0.25) is 0 Å². The molecule has 0 bridgehead atoms. The molecule has 0 amide bonds. The molecule has 6 heteroatoms. The number of nitrogens with zero attached hydrogens (tertiary/aromatic N) is 4. The molecule has 27 heavy (non-hydrogen) atoms. The van der Waals surface area contributed by atoms with Gasteiger partial charge < -0.3 is 31.8 Å². The molecule has 2 aromatic carbocycles. The maximum atomic E-state index is 6.02. The predicted octanol–water partition coefficient (Wildman–Crippen LogP) is 4.41. The molecule has 0 radical (unpaired) electrons. The molecule has 142 valence electrons. The molecule has 5 nitrogen and oxygen atoms in total. The Balaban J connectivity index is 0.00000131. The molecule has 2 heterocycles. The third-order valence-electron chi connectivity index (χ3n) is 3.91. The zero-order valence-corrected chi connectivity index (χ0v) is 17.8. The van der Waals surface area contributed by atoms with Crippen LogP contribution in [0, 0.1) is 26.8 Å². The molecule has 2 aliphatic rings. The van der Waals surface area contributed by atoms with Crippen LogP contribution >= 0.6 is 0 Å². The van der Waals surface area contributed by atoms with Gasteiger partial charge in [0.1, 0.15) is 5.75 Å². The van der Waals surface area contributed by atoms with Gasteiger partial charge in [-0.1, -0.05) is 6.07 Å². The Bertz CT molecular complexity index is 756. The first-order valence-corrected chi connectivity index (χ1v) is 8.05. The molecule has 0 aliphatic carbocycles. The van der Waals surface area contributed by atoms with E-state index in [0.717, 1.165) is 17.1 Å². The van der Waals surface area contributed by atoms with Crippen LogP contribution in [-0.2, 0) is 21.1 Å².